The molecule has 1 aliphatic rings. The van der Waals surface area contributed by atoms with Gasteiger partial charge in [0, 0.05) is 0 Å². The van der Waals surface area contributed by atoms with E-state index in [1.54, 1.807) is 45.6 Å². The molecule has 3 aromatic carbocycles. The van der Waals surface area contributed by atoms with Crippen LogP contribution < -0.4 is 23.7 Å². The fourth-order valence-corrected chi connectivity index (χ4v) is 5.30. The molecule has 8 heteroatoms. The van der Waals surface area contributed by atoms with Crippen molar-refractivity contribution in [3.8, 4) is 34.5 Å². The molecule has 8 nitrogen and oxygen atoms in total. The molecule has 0 radical (unpaired) electrons. The number of methoxy groups -OCH3 is 4. The van der Waals surface area contributed by atoms with Crippen LogP contribution in [0.15, 0.2) is 54.6 Å². The highest BCUT2D eigenvalue weighted by atomic mass is 16.5. The van der Waals surface area contributed by atoms with Gasteiger partial charge in [-0.3, -0.25) is 0 Å². The van der Waals surface area contributed by atoms with E-state index < -0.39 is 11.7 Å². The van der Waals surface area contributed by atoms with Crippen LogP contribution >= 0.6 is 0 Å². The van der Waals surface area contributed by atoms with Crippen LogP contribution in [-0.2, 0) is 4.74 Å². The largest absolute Gasteiger partial charge is 0.504 e. The lowest BCUT2D eigenvalue weighted by atomic mass is 9.85. The van der Waals surface area contributed by atoms with Crippen molar-refractivity contribution in [1.82, 2.24) is 0 Å². The average molecular weight is 553 g/mol. The SMILES string of the molecule is COc1cc([C@@H]2O[C@@H](c3ccc(OC(C)(C)C(O)c4ccc(OC)c(OC)c4)c(OC)c3)[C@@H](C)[C@@H]2C)ccc1O. The van der Waals surface area contributed by atoms with E-state index in [4.69, 9.17) is 28.4 Å². The molecule has 4 rings (SSSR count). The van der Waals surface area contributed by atoms with Crippen LogP contribution in [0.5, 0.6) is 34.5 Å². The van der Waals surface area contributed by atoms with E-state index in [9.17, 15) is 10.2 Å². The number of benzene rings is 3. The quantitative estimate of drug-likeness (QED) is 0.298. The smallest absolute Gasteiger partial charge is 0.162 e. The zero-order chi connectivity index (χ0) is 29.2. The maximum Gasteiger partial charge on any atom is 0.162 e. The van der Waals surface area contributed by atoms with Gasteiger partial charge in [-0.1, -0.05) is 32.0 Å². The molecule has 0 aliphatic carbocycles. The highest BCUT2D eigenvalue weighted by molar-refractivity contribution is 5.47. The Hall–Kier alpha value is -3.62. The minimum atomic E-state index is -0.997. The van der Waals surface area contributed by atoms with Crippen molar-refractivity contribution in [2.24, 2.45) is 11.8 Å². The Morgan fingerprint density at radius 1 is 0.675 bits per heavy atom. The first kappa shape index (κ1) is 29.4. The van der Waals surface area contributed by atoms with Crippen LogP contribution in [0.4, 0.5) is 0 Å². The molecule has 1 aliphatic heterocycles. The van der Waals surface area contributed by atoms with Crippen molar-refractivity contribution < 1.29 is 38.6 Å². The second kappa shape index (κ2) is 11.9. The fraction of sp³-hybridized carbons (Fsp3) is 0.438. The Bertz CT molecular complexity index is 1320. The van der Waals surface area contributed by atoms with E-state index in [1.807, 2.05) is 44.2 Å². The Kier molecular flexibility index (Phi) is 8.71. The molecule has 0 spiro atoms. The van der Waals surface area contributed by atoms with Crippen molar-refractivity contribution in [2.45, 2.75) is 51.6 Å². The zero-order valence-electron chi connectivity index (χ0n) is 24.4. The number of hydrogen-bond acceptors (Lipinski definition) is 8. The Labute approximate surface area is 236 Å². The lowest BCUT2D eigenvalue weighted by Gasteiger charge is -2.33. The number of aromatic hydroxyl groups is 1. The number of aliphatic hydroxyl groups excluding tert-OH is 1. The van der Waals surface area contributed by atoms with Gasteiger partial charge in [-0.15, -0.1) is 0 Å². The highest BCUT2D eigenvalue weighted by Gasteiger charge is 2.41. The molecule has 40 heavy (non-hydrogen) atoms. The Morgan fingerprint density at radius 3 is 1.75 bits per heavy atom. The minimum Gasteiger partial charge on any atom is -0.504 e. The summed E-state index contributed by atoms with van der Waals surface area (Å²) in [4.78, 5) is 0. The van der Waals surface area contributed by atoms with E-state index in [0.29, 0.717) is 34.3 Å². The van der Waals surface area contributed by atoms with Crippen LogP contribution in [0.3, 0.4) is 0 Å². The third kappa shape index (κ3) is 5.64. The molecule has 0 aromatic heterocycles. The van der Waals surface area contributed by atoms with Gasteiger partial charge in [-0.05, 0) is 78.8 Å². The number of hydrogen-bond donors (Lipinski definition) is 2. The van der Waals surface area contributed by atoms with Crippen LogP contribution in [0.25, 0.3) is 0 Å². The predicted octanol–water partition coefficient (Wildman–Crippen LogP) is 6.40. The van der Waals surface area contributed by atoms with Gasteiger partial charge >= 0.3 is 0 Å². The van der Waals surface area contributed by atoms with Crippen LogP contribution in [0, 0.1) is 11.8 Å². The molecule has 2 N–H and O–H groups in total. The van der Waals surface area contributed by atoms with Gasteiger partial charge in [0.05, 0.1) is 40.6 Å². The van der Waals surface area contributed by atoms with Crippen molar-refractivity contribution in [3.63, 3.8) is 0 Å². The molecule has 1 saturated heterocycles. The lowest BCUT2D eigenvalue weighted by molar-refractivity contribution is -0.0315. The number of phenolic OH excluding ortho intramolecular Hbond substituents is 1. The summed E-state index contributed by atoms with van der Waals surface area (Å²) in [5.41, 5.74) is 1.56. The van der Waals surface area contributed by atoms with Crippen molar-refractivity contribution in [1.29, 1.82) is 0 Å². The summed E-state index contributed by atoms with van der Waals surface area (Å²) in [5.74, 6) is 3.12. The minimum absolute atomic E-state index is 0.0981. The van der Waals surface area contributed by atoms with Crippen molar-refractivity contribution >= 4 is 0 Å². The highest BCUT2D eigenvalue weighted by Crippen LogP contribution is 2.51. The molecular weight excluding hydrogens is 512 g/mol. The second-order valence-electron chi connectivity index (χ2n) is 10.8. The number of rotatable bonds is 10. The first-order chi connectivity index (χ1) is 19.0. The van der Waals surface area contributed by atoms with Gasteiger partial charge < -0.3 is 38.6 Å². The molecule has 0 bridgehead atoms. The van der Waals surface area contributed by atoms with Crippen LogP contribution in [-0.4, -0.2) is 44.3 Å². The summed E-state index contributed by atoms with van der Waals surface area (Å²) >= 11 is 0. The topological polar surface area (TPSA) is 95.8 Å². The van der Waals surface area contributed by atoms with Gasteiger partial charge in [0.25, 0.3) is 0 Å². The molecule has 0 saturated carbocycles. The average Bonchev–Trinajstić information content (AvgIpc) is 3.26. The maximum atomic E-state index is 11.2. The standard InChI is InChI=1S/C32H40O8/c1-18-19(2)30(39-29(18)20-9-12-23(33)26(15-20)36-6)21-10-14-25(28(16-21)38-8)40-32(3,4)31(34)22-11-13-24(35-5)27(17-22)37-7/h9-19,29-31,33-34H,1-8H3/t18-,19-,29+,30+,31?/m0/s1. The summed E-state index contributed by atoms with van der Waals surface area (Å²) in [6.45, 7) is 7.98. The number of phenols is 1. The van der Waals surface area contributed by atoms with E-state index >= 15 is 0 Å². The zero-order valence-corrected chi connectivity index (χ0v) is 24.4. The first-order valence-corrected chi connectivity index (χ1v) is 13.3. The first-order valence-electron chi connectivity index (χ1n) is 13.3. The van der Waals surface area contributed by atoms with Crippen LogP contribution in [0.2, 0.25) is 0 Å². The summed E-state index contributed by atoms with van der Waals surface area (Å²) in [5, 5.41) is 21.2. The van der Waals surface area contributed by atoms with Gasteiger partial charge in [0.15, 0.2) is 34.5 Å². The van der Waals surface area contributed by atoms with Gasteiger partial charge in [0.1, 0.15) is 11.7 Å². The molecule has 5 atom stereocenters. The second-order valence-corrected chi connectivity index (χ2v) is 10.8. The normalized spacial score (nSPS) is 21.5. The lowest BCUT2D eigenvalue weighted by Crippen LogP contribution is -2.36. The maximum absolute atomic E-state index is 11.2. The number of ether oxygens (including phenoxy) is 6. The van der Waals surface area contributed by atoms with E-state index in [0.717, 1.165) is 11.1 Å². The summed E-state index contributed by atoms with van der Waals surface area (Å²) in [7, 11) is 6.26. The van der Waals surface area contributed by atoms with Crippen molar-refractivity contribution in [2.75, 3.05) is 28.4 Å². The van der Waals surface area contributed by atoms with E-state index in [1.165, 1.54) is 7.11 Å². The summed E-state index contributed by atoms with van der Waals surface area (Å²) in [6, 6.07) is 16.4. The van der Waals surface area contributed by atoms with Gasteiger partial charge in [-0.2, -0.15) is 0 Å². The molecular formula is C32H40O8. The molecule has 1 unspecified atom stereocenters. The predicted molar refractivity (Wildman–Crippen MR) is 152 cm³/mol. The third-order valence-electron chi connectivity index (χ3n) is 7.88. The summed E-state index contributed by atoms with van der Waals surface area (Å²) < 4.78 is 34.7. The molecule has 3 aromatic rings. The Morgan fingerprint density at radius 2 is 1.18 bits per heavy atom. The Balaban J connectivity index is 1.56. The van der Waals surface area contributed by atoms with Crippen molar-refractivity contribution in [3.05, 3.63) is 71.3 Å². The molecule has 0 amide bonds. The van der Waals surface area contributed by atoms with Gasteiger partial charge in [-0.25, -0.2) is 0 Å². The number of aliphatic hydroxyl groups is 1. The summed E-state index contributed by atoms with van der Waals surface area (Å²) in [6.07, 6.45) is -1.29. The van der Waals surface area contributed by atoms with Crippen LogP contribution in [0.1, 0.15) is 62.7 Å². The molecule has 1 fully saturated rings. The molecule has 216 valence electrons. The third-order valence-corrected chi connectivity index (χ3v) is 7.88. The van der Waals surface area contributed by atoms with E-state index in [-0.39, 0.29) is 29.8 Å². The monoisotopic (exact) mass is 552 g/mol. The van der Waals surface area contributed by atoms with E-state index in [2.05, 4.69) is 13.8 Å². The molecule has 1 heterocycles. The van der Waals surface area contributed by atoms with Gasteiger partial charge in [0.2, 0.25) is 0 Å². The fourth-order valence-electron chi connectivity index (χ4n) is 5.30.